The Balaban J connectivity index is 1.68. The van der Waals surface area contributed by atoms with E-state index in [1.54, 1.807) is 0 Å². The smallest absolute Gasteiger partial charge is 0.193 e. The highest BCUT2D eigenvalue weighted by molar-refractivity contribution is 7.99. The molecule has 2 saturated heterocycles. The first-order valence-electron chi connectivity index (χ1n) is 8.02. The lowest BCUT2D eigenvalue weighted by molar-refractivity contribution is -0.0104. The first-order chi connectivity index (χ1) is 11.6. The van der Waals surface area contributed by atoms with E-state index in [9.17, 15) is 8.78 Å². The fraction of sp³-hybridized carbons (Fsp3) is 0.562. The summed E-state index contributed by atoms with van der Waals surface area (Å²) in [5.41, 5.74) is 5.86. The van der Waals surface area contributed by atoms with Gasteiger partial charge in [-0.3, -0.25) is 9.89 Å². The zero-order valence-corrected chi connectivity index (χ0v) is 14.2. The second kappa shape index (κ2) is 7.67. The average molecular weight is 356 g/mol. The van der Waals surface area contributed by atoms with Crippen LogP contribution in [0.3, 0.4) is 0 Å². The van der Waals surface area contributed by atoms with E-state index >= 15 is 0 Å². The van der Waals surface area contributed by atoms with E-state index in [0.717, 1.165) is 62.4 Å². The van der Waals surface area contributed by atoms with Crippen LogP contribution < -0.4 is 11.1 Å². The van der Waals surface area contributed by atoms with Crippen LogP contribution in [0.1, 0.15) is 6.42 Å². The van der Waals surface area contributed by atoms with Gasteiger partial charge in [0.05, 0.1) is 31.0 Å². The van der Waals surface area contributed by atoms with Crippen LogP contribution in [0.15, 0.2) is 23.2 Å². The van der Waals surface area contributed by atoms with E-state index in [1.165, 1.54) is 0 Å². The van der Waals surface area contributed by atoms with Crippen LogP contribution in [-0.4, -0.2) is 60.8 Å². The van der Waals surface area contributed by atoms with Crippen molar-refractivity contribution in [2.45, 2.75) is 12.0 Å². The van der Waals surface area contributed by atoms with Gasteiger partial charge in [-0.25, -0.2) is 8.78 Å². The number of ether oxygens (including phenoxy) is 1. The van der Waals surface area contributed by atoms with Crippen LogP contribution in [0.4, 0.5) is 14.5 Å². The van der Waals surface area contributed by atoms with Gasteiger partial charge in [-0.15, -0.1) is 0 Å². The first kappa shape index (κ1) is 17.4. The second-order valence-electron chi connectivity index (χ2n) is 6.08. The molecule has 24 heavy (non-hydrogen) atoms. The van der Waals surface area contributed by atoms with E-state index in [0.29, 0.717) is 6.54 Å². The van der Waals surface area contributed by atoms with Crippen molar-refractivity contribution >= 4 is 23.4 Å². The van der Waals surface area contributed by atoms with Gasteiger partial charge in [-0.05, 0) is 24.3 Å². The minimum absolute atomic E-state index is 0.00234. The lowest BCUT2D eigenvalue weighted by Gasteiger charge is -2.42. The Morgan fingerprint density at radius 3 is 2.88 bits per heavy atom. The summed E-state index contributed by atoms with van der Waals surface area (Å²) in [6.07, 6.45) is 1.04. The maximum absolute atomic E-state index is 13.7. The van der Waals surface area contributed by atoms with E-state index in [4.69, 9.17) is 10.5 Å². The lowest BCUT2D eigenvalue weighted by atomic mass is 9.96. The molecule has 0 saturated carbocycles. The number of hydrogen-bond acceptors (Lipinski definition) is 4. The average Bonchev–Trinajstić information content (AvgIpc) is 3.07. The second-order valence-corrected chi connectivity index (χ2v) is 7.18. The Hall–Kier alpha value is -1.38. The van der Waals surface area contributed by atoms with Gasteiger partial charge in [0.1, 0.15) is 11.6 Å². The number of anilines is 1. The molecule has 5 nitrogen and oxygen atoms in total. The number of nitrogens with one attached hydrogen (secondary N) is 1. The molecule has 2 aliphatic heterocycles. The molecule has 132 valence electrons. The molecule has 2 fully saturated rings. The highest BCUT2D eigenvalue weighted by Gasteiger charge is 2.40. The predicted octanol–water partition coefficient (Wildman–Crippen LogP) is 1.90. The van der Waals surface area contributed by atoms with E-state index in [1.807, 2.05) is 11.8 Å². The Kier molecular flexibility index (Phi) is 5.57. The summed E-state index contributed by atoms with van der Waals surface area (Å²) in [5, 5.41) is 2.66. The van der Waals surface area contributed by atoms with Crippen LogP contribution in [0.5, 0.6) is 0 Å². The van der Waals surface area contributed by atoms with E-state index in [-0.39, 0.29) is 17.2 Å². The maximum Gasteiger partial charge on any atom is 0.193 e. The van der Waals surface area contributed by atoms with Gasteiger partial charge in [0.2, 0.25) is 0 Å². The highest BCUT2D eigenvalue weighted by atomic mass is 32.2. The number of rotatable bonds is 4. The van der Waals surface area contributed by atoms with Gasteiger partial charge in [-0.2, -0.15) is 11.8 Å². The van der Waals surface area contributed by atoms with Crippen LogP contribution in [0, 0.1) is 11.6 Å². The first-order valence-corrected chi connectivity index (χ1v) is 9.17. The van der Waals surface area contributed by atoms with Crippen LogP contribution in [0.25, 0.3) is 0 Å². The number of nitrogens with two attached hydrogens (primary N) is 1. The van der Waals surface area contributed by atoms with Gasteiger partial charge >= 0.3 is 0 Å². The standard InChI is InChI=1S/C16H22F2N4OS/c17-12-1-2-13(18)14(9-12)21-15(19)20-10-16(3-8-24-11-16)22-4-6-23-7-5-22/h1-2,9H,3-8,10-11H2,(H3,19,20,21). The lowest BCUT2D eigenvalue weighted by Crippen LogP contribution is -2.56. The molecular formula is C16H22F2N4OS. The van der Waals surface area contributed by atoms with Crippen LogP contribution in [-0.2, 0) is 4.74 Å². The zero-order chi connectivity index (χ0) is 17.0. The molecule has 3 N–H and O–H groups in total. The van der Waals surface area contributed by atoms with Crippen LogP contribution in [0.2, 0.25) is 0 Å². The molecule has 0 amide bonds. The minimum Gasteiger partial charge on any atom is -0.379 e. The third-order valence-corrected chi connectivity index (χ3v) is 5.73. The summed E-state index contributed by atoms with van der Waals surface area (Å²) in [6.45, 7) is 3.79. The van der Waals surface area contributed by atoms with E-state index < -0.39 is 11.6 Å². The largest absolute Gasteiger partial charge is 0.379 e. The topological polar surface area (TPSA) is 62.9 Å². The molecule has 1 atom stereocenters. The molecule has 3 rings (SSSR count). The molecule has 2 aliphatic rings. The van der Waals surface area contributed by atoms with Crippen molar-refractivity contribution in [3.63, 3.8) is 0 Å². The monoisotopic (exact) mass is 356 g/mol. The molecule has 1 aromatic carbocycles. The fourth-order valence-corrected chi connectivity index (χ4v) is 4.58. The van der Waals surface area contributed by atoms with Crippen molar-refractivity contribution in [2.24, 2.45) is 10.7 Å². The van der Waals surface area contributed by atoms with Crippen molar-refractivity contribution in [2.75, 3.05) is 49.7 Å². The minimum atomic E-state index is -0.561. The normalized spacial score (nSPS) is 25.8. The van der Waals surface area contributed by atoms with Crippen LogP contribution >= 0.6 is 11.8 Å². The molecule has 2 heterocycles. The van der Waals surface area contributed by atoms with Crippen molar-refractivity contribution in [3.8, 4) is 0 Å². The number of aliphatic imine (C=N–C) groups is 1. The SMILES string of the molecule is NC(=NCC1(N2CCOCC2)CCSC1)Nc1cc(F)ccc1F. The Morgan fingerprint density at radius 2 is 2.17 bits per heavy atom. The molecule has 0 radical (unpaired) electrons. The van der Waals surface area contributed by atoms with Gasteiger partial charge < -0.3 is 15.8 Å². The summed E-state index contributed by atoms with van der Waals surface area (Å²) in [7, 11) is 0. The molecule has 0 bridgehead atoms. The molecule has 0 aromatic heterocycles. The molecule has 0 aliphatic carbocycles. The van der Waals surface area contributed by atoms with Gasteiger partial charge in [-0.1, -0.05) is 0 Å². The maximum atomic E-state index is 13.7. The van der Waals surface area contributed by atoms with E-state index in [2.05, 4.69) is 15.2 Å². The summed E-state index contributed by atoms with van der Waals surface area (Å²) in [4.78, 5) is 6.84. The Bertz CT molecular complexity index is 602. The van der Waals surface area contributed by atoms with Gasteiger partial charge in [0, 0.05) is 24.9 Å². The Morgan fingerprint density at radius 1 is 1.38 bits per heavy atom. The van der Waals surface area contributed by atoms with Crippen molar-refractivity contribution < 1.29 is 13.5 Å². The van der Waals surface area contributed by atoms with Gasteiger partial charge in [0.15, 0.2) is 5.96 Å². The molecule has 1 aromatic rings. The third kappa shape index (κ3) is 3.99. The summed E-state index contributed by atoms with van der Waals surface area (Å²) in [5.74, 6) is 1.11. The number of thioether (sulfide) groups is 1. The molecule has 8 heteroatoms. The quantitative estimate of drug-likeness (QED) is 0.637. The summed E-state index contributed by atoms with van der Waals surface area (Å²) < 4.78 is 32.3. The molecular weight excluding hydrogens is 334 g/mol. The number of morpholine rings is 1. The number of benzene rings is 1. The summed E-state index contributed by atoms with van der Waals surface area (Å²) in [6, 6.07) is 3.20. The Labute approximate surface area is 144 Å². The van der Waals surface area contributed by atoms with Crippen molar-refractivity contribution in [3.05, 3.63) is 29.8 Å². The zero-order valence-electron chi connectivity index (χ0n) is 13.4. The number of hydrogen-bond donors (Lipinski definition) is 2. The molecule has 0 spiro atoms. The van der Waals surface area contributed by atoms with Crippen molar-refractivity contribution in [1.29, 1.82) is 0 Å². The number of halogens is 2. The number of guanidine groups is 1. The molecule has 1 unspecified atom stereocenters. The third-order valence-electron chi connectivity index (χ3n) is 4.50. The predicted molar refractivity (Wildman–Crippen MR) is 93.5 cm³/mol. The number of nitrogens with zero attached hydrogens (tertiary/aromatic N) is 2. The van der Waals surface area contributed by atoms with Gasteiger partial charge in [0.25, 0.3) is 0 Å². The highest BCUT2D eigenvalue weighted by Crippen LogP contribution is 2.34. The fourth-order valence-electron chi connectivity index (χ4n) is 3.11. The summed E-state index contributed by atoms with van der Waals surface area (Å²) >= 11 is 1.91. The van der Waals surface area contributed by atoms with Crippen molar-refractivity contribution in [1.82, 2.24) is 4.90 Å².